The van der Waals surface area contributed by atoms with Crippen LogP contribution in [-0.4, -0.2) is 50.1 Å². The number of ether oxygens (including phenoxy) is 2. The second-order valence-corrected chi connectivity index (χ2v) is 5.56. The molecular weight excluding hydrogens is 268 g/mol. The average molecular weight is 296 g/mol. The molecule has 0 bridgehead atoms. The highest BCUT2D eigenvalue weighted by molar-refractivity contribution is 5.44. The van der Waals surface area contributed by atoms with E-state index in [0.717, 1.165) is 23.6 Å². The number of aliphatic hydroxyl groups excluding tert-OH is 1. The van der Waals surface area contributed by atoms with Crippen LogP contribution < -0.4 is 4.90 Å². The highest BCUT2D eigenvalue weighted by Gasteiger charge is 2.17. The van der Waals surface area contributed by atoms with E-state index in [1.165, 1.54) is 0 Å². The van der Waals surface area contributed by atoms with Gasteiger partial charge in [0.1, 0.15) is 5.82 Å². The van der Waals surface area contributed by atoms with Gasteiger partial charge in [0.05, 0.1) is 25.9 Å². The lowest BCUT2D eigenvalue weighted by molar-refractivity contribution is 0.170. The molecule has 120 valence electrons. The van der Waals surface area contributed by atoms with E-state index in [1.54, 1.807) is 14.2 Å². The fourth-order valence-electron chi connectivity index (χ4n) is 2.21. The van der Waals surface area contributed by atoms with Gasteiger partial charge in [-0.05, 0) is 30.5 Å². The maximum Gasteiger partial charge on any atom is 0.129 e. The number of nitrogens with zero attached hydrogens (tertiary/aromatic N) is 2. The summed E-state index contributed by atoms with van der Waals surface area (Å²) in [6.45, 7) is 8.30. The Morgan fingerprint density at radius 1 is 1.19 bits per heavy atom. The van der Waals surface area contributed by atoms with Crippen LogP contribution in [0.5, 0.6) is 0 Å². The molecule has 1 unspecified atom stereocenters. The molecule has 0 aliphatic carbocycles. The molecule has 5 nitrogen and oxygen atoms in total. The summed E-state index contributed by atoms with van der Waals surface area (Å²) in [6, 6.07) is 4.09. The van der Waals surface area contributed by atoms with Crippen molar-refractivity contribution in [2.75, 3.05) is 38.9 Å². The predicted octanol–water partition coefficient (Wildman–Crippen LogP) is 2.19. The Kier molecular flexibility index (Phi) is 7.64. The van der Waals surface area contributed by atoms with Crippen LogP contribution in [0.3, 0.4) is 0 Å². The van der Waals surface area contributed by atoms with Gasteiger partial charge >= 0.3 is 0 Å². The first-order valence-electron chi connectivity index (χ1n) is 7.39. The smallest absolute Gasteiger partial charge is 0.129 e. The molecule has 0 radical (unpaired) electrons. The highest BCUT2D eigenvalue weighted by Crippen LogP contribution is 2.22. The number of rotatable bonds is 9. The molecule has 0 saturated heterocycles. The van der Waals surface area contributed by atoms with Gasteiger partial charge in [0, 0.05) is 26.5 Å². The first-order chi connectivity index (χ1) is 10.0. The van der Waals surface area contributed by atoms with E-state index in [-0.39, 0.29) is 12.6 Å². The van der Waals surface area contributed by atoms with Gasteiger partial charge in [-0.3, -0.25) is 0 Å². The fraction of sp³-hybridized carbons (Fsp3) is 0.688. The van der Waals surface area contributed by atoms with Crippen LogP contribution in [0.25, 0.3) is 0 Å². The van der Waals surface area contributed by atoms with Gasteiger partial charge in [-0.25, -0.2) is 4.98 Å². The third-order valence-corrected chi connectivity index (χ3v) is 3.44. The van der Waals surface area contributed by atoms with Crippen LogP contribution in [0.1, 0.15) is 37.9 Å². The molecule has 0 saturated carbocycles. The Morgan fingerprint density at radius 3 is 2.43 bits per heavy atom. The van der Waals surface area contributed by atoms with Gasteiger partial charge in [0.25, 0.3) is 0 Å². The molecule has 0 fully saturated rings. The fourth-order valence-corrected chi connectivity index (χ4v) is 2.21. The van der Waals surface area contributed by atoms with E-state index < -0.39 is 0 Å². The summed E-state index contributed by atoms with van der Waals surface area (Å²) < 4.78 is 10.5. The van der Waals surface area contributed by atoms with E-state index in [0.29, 0.717) is 19.1 Å². The van der Waals surface area contributed by atoms with Crippen molar-refractivity contribution in [1.82, 2.24) is 4.98 Å². The Bertz CT molecular complexity index is 424. The van der Waals surface area contributed by atoms with Crippen molar-refractivity contribution in [3.63, 3.8) is 0 Å². The van der Waals surface area contributed by atoms with E-state index in [4.69, 9.17) is 14.5 Å². The SMILES string of the molecule is COCCN(c1cc(CO)cc(C(C)C)n1)C(C)COC. The Hall–Kier alpha value is -1.17. The minimum absolute atomic E-state index is 0.0199. The lowest BCUT2D eigenvalue weighted by atomic mass is 10.1. The number of hydrogen-bond donors (Lipinski definition) is 1. The average Bonchev–Trinajstić information content (AvgIpc) is 2.47. The summed E-state index contributed by atoms with van der Waals surface area (Å²) in [5, 5.41) is 9.47. The molecule has 1 N–H and O–H groups in total. The first kappa shape index (κ1) is 17.9. The van der Waals surface area contributed by atoms with Crippen molar-refractivity contribution in [2.45, 2.75) is 39.3 Å². The van der Waals surface area contributed by atoms with Crippen molar-refractivity contribution in [2.24, 2.45) is 0 Å². The molecule has 1 aromatic heterocycles. The van der Waals surface area contributed by atoms with Crippen LogP contribution in [0.4, 0.5) is 5.82 Å². The van der Waals surface area contributed by atoms with Crippen molar-refractivity contribution in [3.8, 4) is 0 Å². The lowest BCUT2D eigenvalue weighted by Gasteiger charge is -2.30. The zero-order chi connectivity index (χ0) is 15.8. The van der Waals surface area contributed by atoms with E-state index in [1.807, 2.05) is 12.1 Å². The summed E-state index contributed by atoms with van der Waals surface area (Å²) in [6.07, 6.45) is 0. The normalized spacial score (nSPS) is 12.7. The van der Waals surface area contributed by atoms with Crippen LogP contribution in [0, 0.1) is 0 Å². The summed E-state index contributed by atoms with van der Waals surface area (Å²) in [7, 11) is 3.39. The van der Waals surface area contributed by atoms with E-state index >= 15 is 0 Å². The van der Waals surface area contributed by atoms with Crippen LogP contribution in [0.15, 0.2) is 12.1 Å². The third kappa shape index (κ3) is 5.26. The zero-order valence-electron chi connectivity index (χ0n) is 13.8. The number of methoxy groups -OCH3 is 2. The number of hydrogen-bond acceptors (Lipinski definition) is 5. The summed E-state index contributed by atoms with van der Waals surface area (Å²) in [5.74, 6) is 1.18. The zero-order valence-corrected chi connectivity index (χ0v) is 13.8. The number of aliphatic hydroxyl groups is 1. The quantitative estimate of drug-likeness (QED) is 0.757. The van der Waals surface area contributed by atoms with Gasteiger partial charge in [-0.15, -0.1) is 0 Å². The second-order valence-electron chi connectivity index (χ2n) is 5.56. The Balaban J connectivity index is 3.12. The number of anilines is 1. The van der Waals surface area contributed by atoms with Gasteiger partial charge < -0.3 is 19.5 Å². The molecule has 1 aromatic rings. The predicted molar refractivity (Wildman–Crippen MR) is 84.8 cm³/mol. The summed E-state index contributed by atoms with van der Waals surface area (Å²) >= 11 is 0. The van der Waals surface area contributed by atoms with Crippen LogP contribution in [-0.2, 0) is 16.1 Å². The molecule has 0 spiro atoms. The largest absolute Gasteiger partial charge is 0.392 e. The molecule has 1 heterocycles. The van der Waals surface area contributed by atoms with Gasteiger partial charge in [0.15, 0.2) is 0 Å². The van der Waals surface area contributed by atoms with Crippen LogP contribution >= 0.6 is 0 Å². The van der Waals surface area contributed by atoms with E-state index in [9.17, 15) is 5.11 Å². The van der Waals surface area contributed by atoms with Gasteiger partial charge in [-0.2, -0.15) is 0 Å². The second kappa shape index (κ2) is 8.97. The molecule has 5 heteroatoms. The van der Waals surface area contributed by atoms with Crippen molar-refractivity contribution in [3.05, 3.63) is 23.4 Å². The first-order valence-corrected chi connectivity index (χ1v) is 7.39. The van der Waals surface area contributed by atoms with E-state index in [2.05, 4.69) is 25.7 Å². The van der Waals surface area contributed by atoms with Crippen LogP contribution in [0.2, 0.25) is 0 Å². The maximum absolute atomic E-state index is 9.47. The number of aromatic nitrogens is 1. The standard InChI is InChI=1S/C16H28N2O3/c1-12(2)15-8-14(10-19)9-16(17-15)18(6-7-20-4)13(3)11-21-5/h8-9,12-13,19H,6-7,10-11H2,1-5H3. The van der Waals surface area contributed by atoms with Crippen molar-refractivity contribution >= 4 is 5.82 Å². The third-order valence-electron chi connectivity index (χ3n) is 3.44. The molecule has 21 heavy (non-hydrogen) atoms. The topological polar surface area (TPSA) is 54.8 Å². The van der Waals surface area contributed by atoms with Gasteiger partial charge in [-0.1, -0.05) is 13.8 Å². The summed E-state index contributed by atoms with van der Waals surface area (Å²) in [5.41, 5.74) is 1.87. The minimum atomic E-state index is 0.0199. The Labute approximate surface area is 127 Å². The molecule has 0 amide bonds. The molecule has 0 aliphatic heterocycles. The van der Waals surface area contributed by atoms with Crippen molar-refractivity contribution in [1.29, 1.82) is 0 Å². The lowest BCUT2D eigenvalue weighted by Crippen LogP contribution is -2.39. The minimum Gasteiger partial charge on any atom is -0.392 e. The maximum atomic E-state index is 9.47. The van der Waals surface area contributed by atoms with Crippen molar-refractivity contribution < 1.29 is 14.6 Å². The van der Waals surface area contributed by atoms with Gasteiger partial charge in [0.2, 0.25) is 0 Å². The monoisotopic (exact) mass is 296 g/mol. The molecule has 1 atom stereocenters. The summed E-state index contributed by atoms with van der Waals surface area (Å²) in [4.78, 5) is 6.91. The highest BCUT2D eigenvalue weighted by atomic mass is 16.5. The molecular formula is C16H28N2O3. The number of pyridine rings is 1. The Morgan fingerprint density at radius 2 is 1.90 bits per heavy atom. The molecule has 1 rings (SSSR count). The molecule has 0 aromatic carbocycles. The molecule has 0 aliphatic rings.